The fraction of sp³-hybridized carbons (Fsp3) is 0.294. The standard InChI is InChI=1S/C17H21NO2/c1-13(17(2,3)19)18-15-11-7-8-12-16(15)20-14-9-5-4-6-10-14/h4-13,18-19H,1-3H3. The van der Waals surface area contributed by atoms with Gasteiger partial charge >= 0.3 is 0 Å². The zero-order chi connectivity index (χ0) is 14.6. The molecule has 0 amide bonds. The molecule has 0 saturated heterocycles. The molecular formula is C17H21NO2. The summed E-state index contributed by atoms with van der Waals surface area (Å²) in [5.74, 6) is 1.53. The van der Waals surface area contributed by atoms with Gasteiger partial charge in [-0.2, -0.15) is 0 Å². The summed E-state index contributed by atoms with van der Waals surface area (Å²) in [4.78, 5) is 0. The first kappa shape index (κ1) is 14.4. The van der Waals surface area contributed by atoms with Crippen molar-refractivity contribution < 1.29 is 9.84 Å². The minimum absolute atomic E-state index is 0.0944. The Morgan fingerprint density at radius 1 is 1.00 bits per heavy atom. The number of nitrogens with one attached hydrogen (secondary N) is 1. The second-order valence-corrected chi connectivity index (χ2v) is 5.43. The number of para-hydroxylation sites is 3. The Bertz CT molecular complexity index is 546. The van der Waals surface area contributed by atoms with Gasteiger partial charge < -0.3 is 15.2 Å². The number of hydrogen-bond acceptors (Lipinski definition) is 3. The Hall–Kier alpha value is -2.00. The summed E-state index contributed by atoms with van der Waals surface area (Å²) < 4.78 is 5.88. The predicted octanol–water partition coefficient (Wildman–Crippen LogP) is 4.05. The maximum Gasteiger partial charge on any atom is 0.150 e. The summed E-state index contributed by atoms with van der Waals surface area (Å²) in [6.45, 7) is 5.51. The third kappa shape index (κ3) is 3.75. The van der Waals surface area contributed by atoms with Gasteiger partial charge in [-0.1, -0.05) is 30.3 Å². The van der Waals surface area contributed by atoms with Crippen LogP contribution < -0.4 is 10.1 Å². The molecule has 0 saturated carbocycles. The average molecular weight is 271 g/mol. The van der Waals surface area contributed by atoms with E-state index in [1.54, 1.807) is 13.8 Å². The number of hydrogen-bond donors (Lipinski definition) is 2. The highest BCUT2D eigenvalue weighted by Crippen LogP contribution is 2.30. The van der Waals surface area contributed by atoms with Crippen LogP contribution in [-0.4, -0.2) is 16.7 Å². The van der Waals surface area contributed by atoms with Crippen LogP contribution in [-0.2, 0) is 0 Å². The molecule has 0 aromatic heterocycles. The van der Waals surface area contributed by atoms with Crippen LogP contribution in [0.2, 0.25) is 0 Å². The quantitative estimate of drug-likeness (QED) is 0.862. The largest absolute Gasteiger partial charge is 0.455 e. The lowest BCUT2D eigenvalue weighted by Gasteiger charge is -2.28. The van der Waals surface area contributed by atoms with Crippen LogP contribution in [0.4, 0.5) is 5.69 Å². The Morgan fingerprint density at radius 3 is 2.25 bits per heavy atom. The first-order valence-electron chi connectivity index (χ1n) is 6.77. The molecule has 1 atom stereocenters. The van der Waals surface area contributed by atoms with Crippen molar-refractivity contribution in [2.75, 3.05) is 5.32 Å². The van der Waals surface area contributed by atoms with Crippen molar-refractivity contribution in [2.24, 2.45) is 0 Å². The molecule has 3 nitrogen and oxygen atoms in total. The summed E-state index contributed by atoms with van der Waals surface area (Å²) in [6.07, 6.45) is 0. The van der Waals surface area contributed by atoms with Gasteiger partial charge in [0.05, 0.1) is 17.3 Å². The molecule has 0 bridgehead atoms. The topological polar surface area (TPSA) is 41.5 Å². The minimum Gasteiger partial charge on any atom is -0.455 e. The molecule has 20 heavy (non-hydrogen) atoms. The lowest BCUT2D eigenvalue weighted by atomic mass is 10.0. The molecule has 2 N–H and O–H groups in total. The summed E-state index contributed by atoms with van der Waals surface area (Å²) >= 11 is 0. The molecule has 0 fully saturated rings. The zero-order valence-electron chi connectivity index (χ0n) is 12.1. The third-order valence-electron chi connectivity index (χ3n) is 3.29. The molecule has 2 aromatic rings. The van der Waals surface area contributed by atoms with E-state index in [0.29, 0.717) is 0 Å². The molecule has 0 aliphatic rings. The Kier molecular flexibility index (Phi) is 4.30. The lowest BCUT2D eigenvalue weighted by Crippen LogP contribution is -2.39. The van der Waals surface area contributed by atoms with Gasteiger partial charge in [0.15, 0.2) is 5.75 Å². The van der Waals surface area contributed by atoms with Crippen molar-refractivity contribution >= 4 is 5.69 Å². The normalized spacial score (nSPS) is 12.8. The van der Waals surface area contributed by atoms with Crippen LogP contribution in [0.15, 0.2) is 54.6 Å². The summed E-state index contributed by atoms with van der Waals surface area (Å²) in [6, 6.07) is 17.3. The van der Waals surface area contributed by atoms with E-state index in [-0.39, 0.29) is 6.04 Å². The number of benzene rings is 2. The zero-order valence-corrected chi connectivity index (χ0v) is 12.1. The molecule has 2 rings (SSSR count). The molecule has 0 aliphatic carbocycles. The smallest absolute Gasteiger partial charge is 0.150 e. The minimum atomic E-state index is -0.806. The monoisotopic (exact) mass is 271 g/mol. The number of ether oxygens (including phenoxy) is 1. The predicted molar refractivity (Wildman–Crippen MR) is 82.3 cm³/mol. The van der Waals surface area contributed by atoms with E-state index in [0.717, 1.165) is 17.2 Å². The molecule has 3 heteroatoms. The second kappa shape index (κ2) is 5.97. The molecule has 1 unspecified atom stereocenters. The van der Waals surface area contributed by atoms with Crippen LogP contribution in [0.5, 0.6) is 11.5 Å². The van der Waals surface area contributed by atoms with Crippen molar-refractivity contribution in [2.45, 2.75) is 32.4 Å². The molecule has 0 aliphatic heterocycles. The van der Waals surface area contributed by atoms with Crippen LogP contribution in [0.25, 0.3) is 0 Å². The maximum atomic E-state index is 10.0. The summed E-state index contributed by atoms with van der Waals surface area (Å²) in [5.41, 5.74) is 0.0610. The molecule has 106 valence electrons. The molecular weight excluding hydrogens is 250 g/mol. The van der Waals surface area contributed by atoms with Crippen molar-refractivity contribution in [1.82, 2.24) is 0 Å². The second-order valence-electron chi connectivity index (χ2n) is 5.43. The van der Waals surface area contributed by atoms with Crippen LogP contribution in [0.1, 0.15) is 20.8 Å². The van der Waals surface area contributed by atoms with Crippen molar-refractivity contribution in [3.05, 3.63) is 54.6 Å². The number of rotatable bonds is 5. The highest BCUT2D eigenvalue weighted by Gasteiger charge is 2.22. The van der Waals surface area contributed by atoms with Gasteiger partial charge in [0.2, 0.25) is 0 Å². The Balaban J connectivity index is 2.18. The Labute approximate surface area is 120 Å². The van der Waals surface area contributed by atoms with Crippen LogP contribution in [0, 0.1) is 0 Å². The SMILES string of the molecule is CC(Nc1ccccc1Oc1ccccc1)C(C)(C)O. The van der Waals surface area contributed by atoms with E-state index >= 15 is 0 Å². The van der Waals surface area contributed by atoms with Gasteiger partial charge in [-0.15, -0.1) is 0 Å². The number of aliphatic hydroxyl groups is 1. The highest BCUT2D eigenvalue weighted by molar-refractivity contribution is 5.58. The maximum absolute atomic E-state index is 10.0. The van der Waals surface area contributed by atoms with Gasteiger partial charge in [0, 0.05) is 0 Å². The van der Waals surface area contributed by atoms with E-state index < -0.39 is 5.60 Å². The summed E-state index contributed by atoms with van der Waals surface area (Å²) in [5, 5.41) is 13.3. The van der Waals surface area contributed by atoms with Crippen molar-refractivity contribution in [1.29, 1.82) is 0 Å². The van der Waals surface area contributed by atoms with Crippen molar-refractivity contribution in [3.8, 4) is 11.5 Å². The van der Waals surface area contributed by atoms with E-state index in [1.165, 1.54) is 0 Å². The van der Waals surface area contributed by atoms with Crippen LogP contribution in [0.3, 0.4) is 0 Å². The molecule has 0 heterocycles. The van der Waals surface area contributed by atoms with E-state index in [1.807, 2.05) is 61.5 Å². The van der Waals surface area contributed by atoms with E-state index in [4.69, 9.17) is 4.74 Å². The lowest BCUT2D eigenvalue weighted by molar-refractivity contribution is 0.0648. The van der Waals surface area contributed by atoms with Gasteiger partial charge in [-0.3, -0.25) is 0 Å². The first-order chi connectivity index (χ1) is 9.47. The van der Waals surface area contributed by atoms with E-state index in [9.17, 15) is 5.11 Å². The fourth-order valence-corrected chi connectivity index (χ4v) is 1.70. The van der Waals surface area contributed by atoms with E-state index in [2.05, 4.69) is 5.32 Å². The summed E-state index contributed by atoms with van der Waals surface area (Å²) in [7, 11) is 0. The molecule has 2 aromatic carbocycles. The van der Waals surface area contributed by atoms with Gasteiger partial charge in [-0.25, -0.2) is 0 Å². The molecule has 0 spiro atoms. The van der Waals surface area contributed by atoms with Gasteiger partial charge in [-0.05, 0) is 45.0 Å². The fourth-order valence-electron chi connectivity index (χ4n) is 1.70. The van der Waals surface area contributed by atoms with Gasteiger partial charge in [0.1, 0.15) is 5.75 Å². The highest BCUT2D eigenvalue weighted by atomic mass is 16.5. The van der Waals surface area contributed by atoms with Gasteiger partial charge in [0.25, 0.3) is 0 Å². The molecule has 0 radical (unpaired) electrons. The third-order valence-corrected chi connectivity index (χ3v) is 3.29. The van der Waals surface area contributed by atoms with Crippen LogP contribution >= 0.6 is 0 Å². The average Bonchev–Trinajstić information content (AvgIpc) is 2.41. The first-order valence-corrected chi connectivity index (χ1v) is 6.77. The Morgan fingerprint density at radius 2 is 1.60 bits per heavy atom. The number of anilines is 1. The van der Waals surface area contributed by atoms with Crippen molar-refractivity contribution in [3.63, 3.8) is 0 Å².